The molecule has 0 bridgehead atoms. The number of aromatic nitrogens is 1. The van der Waals surface area contributed by atoms with Gasteiger partial charge in [0.25, 0.3) is 5.56 Å². The number of hydrogen-bond donors (Lipinski definition) is 0. The maximum Gasteiger partial charge on any atom is 0.338 e. The van der Waals surface area contributed by atoms with Gasteiger partial charge >= 0.3 is 5.97 Å². The fourth-order valence-electron chi connectivity index (χ4n) is 3.45. The highest BCUT2D eigenvalue weighted by atomic mass is 32.1. The number of carbonyl (C=O) groups excluding carboxylic acids is 1. The molecule has 30 heavy (non-hydrogen) atoms. The molecule has 6 heteroatoms. The number of hydrogen-bond acceptors (Lipinski definition) is 5. The molecule has 0 saturated carbocycles. The third-order valence-corrected chi connectivity index (χ3v) is 5.77. The molecule has 0 unspecified atom stereocenters. The lowest BCUT2D eigenvalue weighted by Gasteiger charge is -2.24. The average Bonchev–Trinajstić information content (AvgIpc) is 3.07. The third kappa shape index (κ3) is 3.69. The Bertz CT molecular complexity index is 1300. The Morgan fingerprint density at radius 1 is 1.17 bits per heavy atom. The Kier molecular flexibility index (Phi) is 5.59. The molecule has 4 rings (SSSR count). The molecule has 1 aliphatic heterocycles. The lowest BCUT2D eigenvalue weighted by Crippen LogP contribution is -2.39. The van der Waals surface area contributed by atoms with Crippen LogP contribution in [0.15, 0.2) is 94.4 Å². The van der Waals surface area contributed by atoms with Gasteiger partial charge in [-0.2, -0.15) is 0 Å². The number of allylic oxidation sites excluding steroid dienone is 1. The van der Waals surface area contributed by atoms with Crippen molar-refractivity contribution in [2.24, 2.45) is 4.99 Å². The predicted octanol–water partition coefficient (Wildman–Crippen LogP) is 2.96. The van der Waals surface area contributed by atoms with Gasteiger partial charge in [-0.15, -0.1) is 0 Å². The van der Waals surface area contributed by atoms with E-state index in [1.807, 2.05) is 66.7 Å². The van der Waals surface area contributed by atoms with Crippen LogP contribution >= 0.6 is 11.3 Å². The zero-order valence-electron chi connectivity index (χ0n) is 16.4. The van der Waals surface area contributed by atoms with Crippen molar-refractivity contribution in [2.45, 2.75) is 13.0 Å². The standard InChI is InChI=1S/C24H20N2O3S/c1-3-14-29-23(28)20-16(2)25-24-26(21(20)18-12-8-5-9-13-18)22(27)19(30-24)15-17-10-6-4-7-11-17/h3-13,15,21H,1,14H2,2H3/b19-15-/t21-/m1/s1. The number of rotatable bonds is 5. The lowest BCUT2D eigenvalue weighted by atomic mass is 9.96. The minimum absolute atomic E-state index is 0.0928. The smallest absolute Gasteiger partial charge is 0.338 e. The molecule has 2 heterocycles. The summed E-state index contributed by atoms with van der Waals surface area (Å²) in [6.07, 6.45) is 3.36. The van der Waals surface area contributed by atoms with E-state index in [0.717, 1.165) is 11.1 Å². The molecule has 0 saturated heterocycles. The van der Waals surface area contributed by atoms with Gasteiger partial charge in [0.1, 0.15) is 6.61 Å². The highest BCUT2D eigenvalue weighted by molar-refractivity contribution is 7.07. The van der Waals surface area contributed by atoms with Crippen LogP contribution in [0.25, 0.3) is 6.08 Å². The predicted molar refractivity (Wildman–Crippen MR) is 118 cm³/mol. The number of carbonyl (C=O) groups is 1. The van der Waals surface area contributed by atoms with Gasteiger partial charge in [-0.1, -0.05) is 84.7 Å². The summed E-state index contributed by atoms with van der Waals surface area (Å²) in [5.74, 6) is -0.498. The summed E-state index contributed by atoms with van der Waals surface area (Å²) in [5.41, 5.74) is 2.48. The summed E-state index contributed by atoms with van der Waals surface area (Å²) in [5, 5.41) is 0. The number of fused-ring (bicyclic) bond motifs is 1. The van der Waals surface area contributed by atoms with E-state index < -0.39 is 12.0 Å². The highest BCUT2D eigenvalue weighted by Crippen LogP contribution is 2.30. The number of esters is 1. The molecule has 1 atom stereocenters. The van der Waals surface area contributed by atoms with Crippen LogP contribution in [0.2, 0.25) is 0 Å². The summed E-state index contributed by atoms with van der Waals surface area (Å²) in [6, 6.07) is 18.5. The van der Waals surface area contributed by atoms with Gasteiger partial charge in [-0.05, 0) is 24.1 Å². The first-order chi connectivity index (χ1) is 14.6. The van der Waals surface area contributed by atoms with Crippen molar-refractivity contribution in [2.75, 3.05) is 6.61 Å². The van der Waals surface area contributed by atoms with Crippen LogP contribution in [-0.4, -0.2) is 17.1 Å². The minimum atomic E-state index is -0.599. The van der Waals surface area contributed by atoms with E-state index in [9.17, 15) is 9.59 Å². The van der Waals surface area contributed by atoms with Gasteiger partial charge < -0.3 is 4.74 Å². The number of ether oxygens (including phenoxy) is 1. The lowest BCUT2D eigenvalue weighted by molar-refractivity contribution is -0.138. The van der Waals surface area contributed by atoms with E-state index in [4.69, 9.17) is 4.74 Å². The van der Waals surface area contributed by atoms with Crippen molar-refractivity contribution in [3.05, 3.63) is 115 Å². The van der Waals surface area contributed by atoms with E-state index in [1.165, 1.54) is 17.4 Å². The molecular formula is C24H20N2O3S. The maximum absolute atomic E-state index is 13.4. The first-order valence-corrected chi connectivity index (χ1v) is 10.3. The second-order valence-electron chi connectivity index (χ2n) is 6.79. The third-order valence-electron chi connectivity index (χ3n) is 4.79. The van der Waals surface area contributed by atoms with Crippen LogP contribution in [0.3, 0.4) is 0 Å². The summed E-state index contributed by atoms with van der Waals surface area (Å²) in [7, 11) is 0. The number of nitrogens with zero attached hydrogens (tertiary/aromatic N) is 2. The van der Waals surface area contributed by atoms with Crippen LogP contribution in [0.4, 0.5) is 0 Å². The van der Waals surface area contributed by atoms with Crippen LogP contribution in [0.1, 0.15) is 24.1 Å². The molecule has 0 N–H and O–H groups in total. The normalized spacial score (nSPS) is 16.0. The van der Waals surface area contributed by atoms with Gasteiger partial charge in [0, 0.05) is 0 Å². The Labute approximate surface area is 177 Å². The van der Waals surface area contributed by atoms with Gasteiger partial charge in [-0.25, -0.2) is 9.79 Å². The van der Waals surface area contributed by atoms with Gasteiger partial charge in [0.05, 0.1) is 21.8 Å². The molecule has 1 aliphatic rings. The van der Waals surface area contributed by atoms with Crippen molar-refractivity contribution in [3.63, 3.8) is 0 Å². The maximum atomic E-state index is 13.4. The Morgan fingerprint density at radius 3 is 2.50 bits per heavy atom. The zero-order chi connectivity index (χ0) is 21.1. The topological polar surface area (TPSA) is 60.7 Å². The largest absolute Gasteiger partial charge is 0.458 e. The van der Waals surface area contributed by atoms with Crippen molar-refractivity contribution in [1.82, 2.24) is 4.57 Å². The Hall–Kier alpha value is -3.51. The van der Waals surface area contributed by atoms with E-state index in [-0.39, 0.29) is 12.2 Å². The summed E-state index contributed by atoms with van der Waals surface area (Å²) in [4.78, 5) is 31.4. The van der Waals surface area contributed by atoms with Crippen LogP contribution < -0.4 is 14.9 Å². The minimum Gasteiger partial charge on any atom is -0.458 e. The zero-order valence-corrected chi connectivity index (χ0v) is 17.3. The summed E-state index contributed by atoms with van der Waals surface area (Å²) in [6.45, 7) is 5.46. The molecule has 0 radical (unpaired) electrons. The number of benzene rings is 2. The van der Waals surface area contributed by atoms with Crippen molar-refractivity contribution in [1.29, 1.82) is 0 Å². The van der Waals surface area contributed by atoms with Gasteiger partial charge in [0.2, 0.25) is 0 Å². The van der Waals surface area contributed by atoms with Crippen molar-refractivity contribution < 1.29 is 9.53 Å². The van der Waals surface area contributed by atoms with E-state index in [2.05, 4.69) is 11.6 Å². The fourth-order valence-corrected chi connectivity index (χ4v) is 4.49. The fraction of sp³-hybridized carbons (Fsp3) is 0.125. The molecule has 150 valence electrons. The van der Waals surface area contributed by atoms with E-state index in [1.54, 1.807) is 11.5 Å². The molecule has 2 aromatic carbocycles. The molecule has 1 aromatic heterocycles. The van der Waals surface area contributed by atoms with E-state index >= 15 is 0 Å². The summed E-state index contributed by atoms with van der Waals surface area (Å²) >= 11 is 1.32. The molecule has 0 fully saturated rings. The monoisotopic (exact) mass is 416 g/mol. The molecule has 0 amide bonds. The average molecular weight is 417 g/mol. The molecule has 5 nitrogen and oxygen atoms in total. The quantitative estimate of drug-likeness (QED) is 0.475. The van der Waals surface area contributed by atoms with Crippen LogP contribution in [0.5, 0.6) is 0 Å². The number of thiazole rings is 1. The van der Waals surface area contributed by atoms with E-state index in [0.29, 0.717) is 20.6 Å². The molecule has 0 spiro atoms. The second kappa shape index (κ2) is 8.47. The SMILES string of the molecule is C=CCOC(=O)C1=C(C)N=c2s/c(=C\c3ccccc3)c(=O)n2[C@@H]1c1ccccc1. The van der Waals surface area contributed by atoms with Crippen LogP contribution in [-0.2, 0) is 9.53 Å². The first kappa shape index (κ1) is 19.8. The second-order valence-corrected chi connectivity index (χ2v) is 7.80. The first-order valence-electron chi connectivity index (χ1n) is 9.50. The summed E-state index contributed by atoms with van der Waals surface area (Å²) < 4.78 is 7.47. The van der Waals surface area contributed by atoms with Crippen LogP contribution in [0, 0.1) is 0 Å². The molecular weight excluding hydrogens is 396 g/mol. The van der Waals surface area contributed by atoms with Gasteiger partial charge in [-0.3, -0.25) is 9.36 Å². The van der Waals surface area contributed by atoms with Gasteiger partial charge in [0.15, 0.2) is 4.80 Å². The Morgan fingerprint density at radius 2 is 1.83 bits per heavy atom. The molecule has 0 aliphatic carbocycles. The molecule has 3 aromatic rings. The van der Waals surface area contributed by atoms with Crippen molar-refractivity contribution in [3.8, 4) is 0 Å². The highest BCUT2D eigenvalue weighted by Gasteiger charge is 2.33. The Balaban J connectivity index is 1.93. The van der Waals surface area contributed by atoms with Crippen molar-refractivity contribution >= 4 is 23.4 Å².